The van der Waals surface area contributed by atoms with Gasteiger partial charge in [0, 0.05) is 16.2 Å². The first kappa shape index (κ1) is 14.3. The summed E-state index contributed by atoms with van der Waals surface area (Å²) in [6, 6.07) is 19.2. The first-order chi connectivity index (χ1) is 24.9. The van der Waals surface area contributed by atoms with Crippen molar-refractivity contribution in [1.82, 2.24) is 0 Å². The number of fused-ring (bicyclic) bond motifs is 9. The quantitative estimate of drug-likeness (QED) is 0.160. The molecule has 0 saturated carbocycles. The molecule has 0 aliphatic carbocycles. The van der Waals surface area contributed by atoms with Gasteiger partial charge in [-0.15, -0.1) is 0 Å². The van der Waals surface area contributed by atoms with Gasteiger partial charge in [-0.3, -0.25) is 0 Å². The Morgan fingerprint density at radius 2 is 1.24 bits per heavy atom. The highest BCUT2D eigenvalue weighted by atomic mass is 16.3. The normalized spacial score (nSPS) is 15.7. The minimum atomic E-state index is -0.588. The maximum absolute atomic E-state index is 9.49. The van der Waals surface area contributed by atoms with Crippen LogP contribution in [0, 0.1) is 0 Å². The third kappa shape index (κ3) is 3.30. The molecule has 0 spiro atoms. The van der Waals surface area contributed by atoms with E-state index in [1.54, 1.807) is 0 Å². The van der Waals surface area contributed by atoms with Crippen LogP contribution in [0.25, 0.3) is 87.3 Å². The van der Waals surface area contributed by atoms with Gasteiger partial charge in [0.2, 0.25) is 0 Å². The number of furan rings is 1. The van der Waals surface area contributed by atoms with E-state index < -0.39 is 66.5 Å². The number of rotatable bonds is 2. The summed E-state index contributed by atoms with van der Waals surface area (Å²) in [6.45, 7) is 0. The molecule has 8 aromatic carbocycles. The second-order valence-corrected chi connectivity index (χ2v) is 10.0. The number of hydrogen-bond donors (Lipinski definition) is 0. The Kier molecular flexibility index (Phi) is 2.98. The zero-order valence-corrected chi connectivity index (χ0v) is 21.4. The van der Waals surface area contributed by atoms with E-state index in [1.165, 1.54) is 0 Å². The highest BCUT2D eigenvalue weighted by Gasteiger charge is 2.19. The predicted octanol–water partition coefficient (Wildman–Crippen LogP) is 11.5. The van der Waals surface area contributed by atoms with Crippen LogP contribution in [0.2, 0.25) is 0 Å². The van der Waals surface area contributed by atoms with Crippen LogP contribution in [0.5, 0.6) is 0 Å². The Labute approximate surface area is 252 Å². The summed E-state index contributed by atoms with van der Waals surface area (Å²) in [6.07, 6.45) is 0. The van der Waals surface area contributed by atoms with Crippen molar-refractivity contribution in [1.29, 1.82) is 0 Å². The lowest BCUT2D eigenvalue weighted by Gasteiger charge is -2.17. The zero-order chi connectivity index (χ0) is 36.5. The summed E-state index contributed by atoms with van der Waals surface area (Å²) in [5, 5.41) is 2.62. The fraction of sp³-hybridized carbons (Fsp3) is 0. The molecule has 41 heavy (non-hydrogen) atoms. The topological polar surface area (TPSA) is 13.1 Å². The lowest BCUT2D eigenvalue weighted by Crippen LogP contribution is -1.90. The van der Waals surface area contributed by atoms with E-state index in [-0.39, 0.29) is 37.9 Å². The molecule has 0 aliphatic rings. The van der Waals surface area contributed by atoms with Crippen molar-refractivity contribution in [2.24, 2.45) is 0 Å². The van der Waals surface area contributed by atoms with Crippen LogP contribution in [-0.2, 0) is 0 Å². The number of hydrogen-bond acceptors (Lipinski definition) is 1. The van der Waals surface area contributed by atoms with Crippen LogP contribution in [0.4, 0.5) is 0 Å². The first-order valence-electron chi connectivity index (χ1n) is 18.7. The van der Waals surface area contributed by atoms with Crippen molar-refractivity contribution in [2.75, 3.05) is 0 Å². The fourth-order valence-corrected chi connectivity index (χ4v) is 5.94. The van der Waals surface area contributed by atoms with Crippen molar-refractivity contribution < 1.29 is 19.5 Å². The van der Waals surface area contributed by atoms with Crippen molar-refractivity contribution in [2.45, 2.75) is 0 Å². The summed E-state index contributed by atoms with van der Waals surface area (Å²) in [4.78, 5) is 0. The molecule has 0 unspecified atom stereocenters. The van der Waals surface area contributed by atoms with E-state index in [0.29, 0.717) is 27.7 Å². The maximum Gasteiger partial charge on any atom is 0.143 e. The van der Waals surface area contributed by atoms with E-state index in [1.807, 2.05) is 78.9 Å². The van der Waals surface area contributed by atoms with Crippen LogP contribution in [0.1, 0.15) is 15.1 Å². The van der Waals surface area contributed by atoms with Crippen molar-refractivity contribution >= 4 is 65.0 Å². The van der Waals surface area contributed by atoms with Crippen LogP contribution in [0.3, 0.4) is 0 Å². The van der Waals surface area contributed by atoms with E-state index in [9.17, 15) is 4.11 Å². The van der Waals surface area contributed by atoms with Gasteiger partial charge >= 0.3 is 0 Å². The monoisotopic (exact) mass is 531 g/mol. The highest BCUT2D eigenvalue weighted by molar-refractivity contribution is 6.23. The molecule has 0 atom stereocenters. The lowest BCUT2D eigenvalue weighted by atomic mass is 9.85. The minimum absolute atomic E-state index is 0.0279. The Morgan fingerprint density at radius 1 is 0.463 bits per heavy atom. The Bertz CT molecular complexity index is 3080. The lowest BCUT2D eigenvalue weighted by molar-refractivity contribution is 0.673. The summed E-state index contributed by atoms with van der Waals surface area (Å²) < 4.78 is 105. The van der Waals surface area contributed by atoms with Gasteiger partial charge in [0.05, 0.1) is 15.1 Å². The Balaban J connectivity index is 1.61. The second kappa shape index (κ2) is 8.55. The maximum atomic E-state index is 9.49. The van der Waals surface area contributed by atoms with Crippen molar-refractivity contribution in [3.63, 3.8) is 0 Å². The fourth-order valence-electron chi connectivity index (χ4n) is 5.94. The van der Waals surface area contributed by atoms with E-state index in [4.69, 9.17) is 15.4 Å². The van der Waals surface area contributed by atoms with Gasteiger partial charge < -0.3 is 4.42 Å². The molecule has 9 rings (SSSR count). The van der Waals surface area contributed by atoms with E-state index in [2.05, 4.69) is 0 Å². The minimum Gasteiger partial charge on any atom is -0.455 e. The van der Waals surface area contributed by atoms with Crippen LogP contribution < -0.4 is 0 Å². The second-order valence-electron chi connectivity index (χ2n) is 10.0. The van der Waals surface area contributed by atoms with Gasteiger partial charge in [-0.2, -0.15) is 0 Å². The smallest absolute Gasteiger partial charge is 0.143 e. The summed E-state index contributed by atoms with van der Waals surface area (Å²) >= 11 is 0. The van der Waals surface area contributed by atoms with E-state index in [0.717, 1.165) is 21.7 Å². The van der Waals surface area contributed by atoms with Gasteiger partial charge in [0.25, 0.3) is 0 Å². The Hall–Kier alpha value is -5.40. The molecule has 1 heterocycles. The van der Waals surface area contributed by atoms with Crippen LogP contribution >= 0.6 is 0 Å². The molecule has 9 aromatic rings. The molecule has 0 amide bonds. The molecular weight excluding hydrogens is 496 g/mol. The molecular formula is C40H24O. The van der Waals surface area contributed by atoms with Gasteiger partial charge in [0.1, 0.15) is 11.2 Å². The molecule has 190 valence electrons. The average Bonchev–Trinajstić information content (AvgIpc) is 3.53. The largest absolute Gasteiger partial charge is 0.455 e. The SMILES string of the molecule is [2H]c1c([2H])c([2H])c2c([2H])c3c(c([2H])c([2H])c4c([2H])c([2H])c([2H])c([2H])c43)c(-c3cc4c(cc3-c3ccccc3)oc3c5ccccc5ccc43)c2c1[2H]. The highest BCUT2D eigenvalue weighted by Crippen LogP contribution is 2.46. The zero-order valence-electron chi connectivity index (χ0n) is 32.4. The van der Waals surface area contributed by atoms with E-state index >= 15 is 0 Å². The molecule has 0 radical (unpaired) electrons. The molecule has 0 saturated heterocycles. The van der Waals surface area contributed by atoms with Gasteiger partial charge in [-0.1, -0.05) is 121 Å². The molecule has 0 N–H and O–H groups in total. The van der Waals surface area contributed by atoms with Gasteiger partial charge in [-0.05, 0) is 84.2 Å². The molecule has 0 bridgehead atoms. The molecule has 0 aliphatic heterocycles. The molecule has 1 heteroatoms. The molecule has 0 fully saturated rings. The average molecular weight is 532 g/mol. The Morgan fingerprint density at radius 3 is 2.15 bits per heavy atom. The number of benzene rings is 8. The first-order valence-corrected chi connectivity index (χ1v) is 13.2. The van der Waals surface area contributed by atoms with Crippen LogP contribution in [0.15, 0.2) is 150 Å². The summed E-state index contributed by atoms with van der Waals surface area (Å²) in [5.41, 5.74) is 3.10. The molecule has 1 aromatic heterocycles. The van der Waals surface area contributed by atoms with Gasteiger partial charge in [-0.25, -0.2) is 0 Å². The summed E-state index contributed by atoms with van der Waals surface area (Å²) in [5.74, 6) is 0. The predicted molar refractivity (Wildman–Crippen MR) is 175 cm³/mol. The van der Waals surface area contributed by atoms with Gasteiger partial charge in [0.15, 0.2) is 0 Å². The third-order valence-corrected chi connectivity index (χ3v) is 7.79. The van der Waals surface area contributed by atoms with Crippen molar-refractivity contribution in [3.8, 4) is 22.3 Å². The van der Waals surface area contributed by atoms with Crippen LogP contribution in [-0.4, -0.2) is 0 Å². The standard InChI is InChI=1S/C40H24O/c1-2-10-25(11-3-1)34-24-38-36(33-21-19-27-13-5-9-17-31(27)40(33)41-38)23-37(34)39-30-16-8-6-14-28(30)22-35-29-15-7-4-12-26(29)18-20-32(35)39/h1-24H/i4D,6D,7D,8D,12D,14D,15D,16D,18D,20D,22D. The third-order valence-electron chi connectivity index (χ3n) is 7.79. The van der Waals surface area contributed by atoms with Crippen molar-refractivity contribution in [3.05, 3.63) is 145 Å². The molecule has 1 nitrogen and oxygen atoms in total. The summed E-state index contributed by atoms with van der Waals surface area (Å²) in [7, 11) is 0.